The number of guanidine groups is 1. The van der Waals surface area contributed by atoms with Gasteiger partial charge in [-0.2, -0.15) is 0 Å². The van der Waals surface area contributed by atoms with E-state index < -0.39 is 0 Å². The molecule has 23 heavy (non-hydrogen) atoms. The summed E-state index contributed by atoms with van der Waals surface area (Å²) in [5.74, 6) is 1.86. The molecule has 130 valence electrons. The van der Waals surface area contributed by atoms with Crippen molar-refractivity contribution in [1.29, 1.82) is 0 Å². The van der Waals surface area contributed by atoms with Crippen LogP contribution in [0.2, 0.25) is 0 Å². The second kappa shape index (κ2) is 8.22. The molecule has 0 aromatic heterocycles. The summed E-state index contributed by atoms with van der Waals surface area (Å²) in [5.41, 5.74) is 1.43. The lowest BCUT2D eigenvalue weighted by Gasteiger charge is -2.24. The van der Waals surface area contributed by atoms with Crippen LogP contribution in [0.1, 0.15) is 46.1 Å². The highest BCUT2D eigenvalue weighted by molar-refractivity contribution is 14.0. The second-order valence-electron chi connectivity index (χ2n) is 7.05. The molecular weight excluding hydrogens is 401 g/mol. The van der Waals surface area contributed by atoms with Gasteiger partial charge in [0.1, 0.15) is 5.75 Å². The van der Waals surface area contributed by atoms with E-state index in [-0.39, 0.29) is 34.9 Å². The van der Waals surface area contributed by atoms with Crippen molar-refractivity contribution in [2.24, 2.45) is 4.99 Å². The first kappa shape index (κ1) is 20.1. The van der Waals surface area contributed by atoms with Crippen LogP contribution in [0.15, 0.2) is 29.3 Å². The van der Waals surface area contributed by atoms with Crippen LogP contribution in [0, 0.1) is 0 Å². The van der Waals surface area contributed by atoms with Gasteiger partial charge in [0, 0.05) is 23.1 Å². The van der Waals surface area contributed by atoms with Crippen LogP contribution >= 0.6 is 24.0 Å². The van der Waals surface area contributed by atoms with Crippen molar-refractivity contribution in [3.05, 3.63) is 29.8 Å². The summed E-state index contributed by atoms with van der Waals surface area (Å²) in [6.45, 7) is 10.2. The highest BCUT2D eigenvalue weighted by atomic mass is 127. The minimum atomic E-state index is 0. The number of halogens is 1. The summed E-state index contributed by atoms with van der Waals surface area (Å²) in [7, 11) is 1.74. The Morgan fingerprint density at radius 1 is 1.26 bits per heavy atom. The summed E-state index contributed by atoms with van der Waals surface area (Å²) in [5, 5.41) is 6.77. The number of nitrogens with zero attached hydrogens (tertiary/aromatic N) is 1. The molecule has 1 aromatic carbocycles. The largest absolute Gasteiger partial charge is 0.496 e. The first-order valence-corrected chi connectivity index (χ1v) is 8.10. The van der Waals surface area contributed by atoms with Crippen LogP contribution < -0.4 is 15.4 Å². The van der Waals surface area contributed by atoms with Crippen LogP contribution in [0.25, 0.3) is 0 Å². The Hall–Kier alpha value is -0.980. The number of nitrogens with one attached hydrogen (secondary N) is 2. The molecule has 1 aromatic rings. The molecule has 0 spiro atoms. The molecule has 1 aliphatic carbocycles. The van der Waals surface area contributed by atoms with Crippen molar-refractivity contribution in [3.8, 4) is 5.75 Å². The Balaban J connectivity index is 0.00000264. The first-order valence-electron chi connectivity index (χ1n) is 8.10. The zero-order valence-corrected chi connectivity index (χ0v) is 17.2. The van der Waals surface area contributed by atoms with Crippen LogP contribution in [0.4, 0.5) is 0 Å². The minimum Gasteiger partial charge on any atom is -0.496 e. The zero-order valence-electron chi connectivity index (χ0n) is 14.9. The van der Waals surface area contributed by atoms with Gasteiger partial charge in [-0.05, 0) is 46.6 Å². The molecule has 2 rings (SSSR count). The van der Waals surface area contributed by atoms with E-state index in [9.17, 15) is 0 Å². The molecule has 0 radical (unpaired) electrons. The molecule has 1 fully saturated rings. The van der Waals surface area contributed by atoms with Crippen molar-refractivity contribution >= 4 is 29.9 Å². The number of rotatable bonds is 5. The third-order valence-corrected chi connectivity index (χ3v) is 3.91. The Morgan fingerprint density at radius 2 is 1.91 bits per heavy atom. The lowest BCUT2D eigenvalue weighted by molar-refractivity contribution is 0.404. The molecule has 0 aliphatic heterocycles. The van der Waals surface area contributed by atoms with Gasteiger partial charge < -0.3 is 15.4 Å². The maximum absolute atomic E-state index is 5.53. The topological polar surface area (TPSA) is 45.7 Å². The Bertz CT molecular complexity index is 533. The fraction of sp³-hybridized carbons (Fsp3) is 0.611. The van der Waals surface area contributed by atoms with E-state index in [4.69, 9.17) is 9.73 Å². The van der Waals surface area contributed by atoms with Gasteiger partial charge in [-0.15, -0.1) is 24.0 Å². The molecular formula is C18H30IN3O. The molecule has 0 atom stereocenters. The lowest BCUT2D eigenvalue weighted by Crippen LogP contribution is -2.47. The highest BCUT2D eigenvalue weighted by Gasteiger charge is 2.46. The number of benzene rings is 1. The molecule has 5 heteroatoms. The van der Waals surface area contributed by atoms with Crippen molar-refractivity contribution < 1.29 is 4.74 Å². The minimum absolute atomic E-state index is 0. The van der Waals surface area contributed by atoms with Gasteiger partial charge >= 0.3 is 0 Å². The monoisotopic (exact) mass is 431 g/mol. The van der Waals surface area contributed by atoms with E-state index in [0.29, 0.717) is 0 Å². The maximum Gasteiger partial charge on any atom is 0.191 e. The van der Waals surface area contributed by atoms with Crippen LogP contribution in [0.5, 0.6) is 5.75 Å². The average molecular weight is 431 g/mol. The Morgan fingerprint density at radius 3 is 2.43 bits per heavy atom. The Kier molecular flexibility index (Phi) is 7.17. The highest BCUT2D eigenvalue weighted by Crippen LogP contribution is 2.51. The molecule has 1 saturated carbocycles. The van der Waals surface area contributed by atoms with E-state index >= 15 is 0 Å². The summed E-state index contributed by atoms with van der Waals surface area (Å²) in [6.07, 6.45) is 2.34. The van der Waals surface area contributed by atoms with Crippen LogP contribution in [-0.4, -0.2) is 31.7 Å². The fourth-order valence-corrected chi connectivity index (χ4v) is 2.64. The predicted molar refractivity (Wildman–Crippen MR) is 108 cm³/mol. The van der Waals surface area contributed by atoms with Gasteiger partial charge in [0.2, 0.25) is 0 Å². The van der Waals surface area contributed by atoms with Crippen LogP contribution in [0.3, 0.4) is 0 Å². The van der Waals surface area contributed by atoms with Gasteiger partial charge in [0.25, 0.3) is 0 Å². The van der Waals surface area contributed by atoms with Crippen molar-refractivity contribution in [3.63, 3.8) is 0 Å². The summed E-state index contributed by atoms with van der Waals surface area (Å²) in [6, 6.07) is 8.32. The quantitative estimate of drug-likeness (QED) is 0.425. The van der Waals surface area contributed by atoms with Crippen molar-refractivity contribution in [2.45, 2.75) is 51.5 Å². The first-order chi connectivity index (χ1) is 10.4. The van der Waals surface area contributed by atoms with Crippen molar-refractivity contribution in [2.75, 3.05) is 20.2 Å². The fourth-order valence-electron chi connectivity index (χ4n) is 2.64. The lowest BCUT2D eigenvalue weighted by atomic mass is 9.95. The number of methoxy groups -OCH3 is 1. The molecule has 1 aliphatic rings. The van der Waals surface area contributed by atoms with Gasteiger partial charge in [-0.3, -0.25) is 4.99 Å². The molecule has 0 bridgehead atoms. The third kappa shape index (κ3) is 5.55. The normalized spacial score (nSPS) is 16.3. The van der Waals surface area contributed by atoms with E-state index in [2.05, 4.69) is 50.5 Å². The summed E-state index contributed by atoms with van der Waals surface area (Å²) >= 11 is 0. The molecule has 0 heterocycles. The van der Waals surface area contributed by atoms with Crippen molar-refractivity contribution in [1.82, 2.24) is 10.6 Å². The van der Waals surface area contributed by atoms with Gasteiger partial charge in [0.15, 0.2) is 5.96 Å². The van der Waals surface area contributed by atoms with Gasteiger partial charge in [-0.1, -0.05) is 18.2 Å². The Labute approximate surface area is 157 Å². The molecule has 4 nitrogen and oxygen atoms in total. The number of ether oxygens (including phenoxy) is 1. The van der Waals surface area contributed by atoms with E-state index in [0.717, 1.165) is 24.8 Å². The average Bonchev–Trinajstić information content (AvgIpc) is 3.25. The number of hydrogen-bond acceptors (Lipinski definition) is 2. The van der Waals surface area contributed by atoms with Gasteiger partial charge in [0.05, 0.1) is 13.7 Å². The molecule has 0 amide bonds. The number of para-hydroxylation sites is 1. The molecule has 0 unspecified atom stereocenters. The number of aliphatic imine (C=N–C) groups is 1. The summed E-state index contributed by atoms with van der Waals surface area (Å²) < 4.78 is 5.53. The summed E-state index contributed by atoms with van der Waals surface area (Å²) in [4.78, 5) is 4.82. The zero-order chi connectivity index (χ0) is 16.2. The number of hydrogen-bond donors (Lipinski definition) is 2. The van der Waals surface area contributed by atoms with E-state index in [1.807, 2.05) is 12.1 Å². The standard InChI is InChI=1S/C18H29N3O.HI/c1-6-19-16(21-17(2,3)4)20-13-18(11-12-18)14-9-7-8-10-15(14)22-5;/h7-10H,6,11-13H2,1-5H3,(H2,19,20,21);1H. The SMILES string of the molecule is CCNC(=NCC1(c2ccccc2OC)CC1)NC(C)(C)C.I. The van der Waals surface area contributed by atoms with Crippen LogP contribution in [-0.2, 0) is 5.41 Å². The smallest absolute Gasteiger partial charge is 0.191 e. The predicted octanol–water partition coefficient (Wildman–Crippen LogP) is 3.70. The van der Waals surface area contributed by atoms with Gasteiger partial charge in [-0.25, -0.2) is 0 Å². The van der Waals surface area contributed by atoms with E-state index in [1.54, 1.807) is 7.11 Å². The van der Waals surface area contributed by atoms with E-state index in [1.165, 1.54) is 18.4 Å². The third-order valence-electron chi connectivity index (χ3n) is 3.91. The molecule has 2 N–H and O–H groups in total. The second-order valence-corrected chi connectivity index (χ2v) is 7.05. The maximum atomic E-state index is 5.53. The molecule has 0 saturated heterocycles.